The van der Waals surface area contributed by atoms with Crippen LogP contribution in [0.3, 0.4) is 0 Å². The topological polar surface area (TPSA) is 223 Å². The molecular weight excluding hydrogens is 1010 g/mol. The molecule has 3 aromatic rings. The lowest BCUT2D eigenvalue weighted by Gasteiger charge is -2.33. The van der Waals surface area contributed by atoms with E-state index in [-0.39, 0.29) is 35.8 Å². The van der Waals surface area contributed by atoms with Gasteiger partial charge in [0.2, 0.25) is 0 Å². The lowest BCUT2D eigenvalue weighted by molar-refractivity contribution is -0.104. The second kappa shape index (κ2) is 24.9. The number of rotatable bonds is 6. The first-order valence-corrected chi connectivity index (χ1v) is 26.1. The number of amidine groups is 3. The van der Waals surface area contributed by atoms with Gasteiger partial charge < -0.3 is 31.2 Å². The first-order chi connectivity index (χ1) is 34.2. The zero-order chi connectivity index (χ0) is 55.7. The first kappa shape index (κ1) is 61.0. The van der Waals surface area contributed by atoms with Gasteiger partial charge in [0, 0.05) is 46.5 Å². The maximum absolute atomic E-state index is 14.6. The second-order valence-electron chi connectivity index (χ2n) is 20.8. The number of aryl methyl sites for hydroxylation is 2. The highest BCUT2D eigenvalue weighted by Gasteiger charge is 2.39. The van der Waals surface area contributed by atoms with E-state index in [0.29, 0.717) is 57.5 Å². The largest absolute Gasteiger partial charge is 0.444 e. The lowest BCUT2D eigenvalue weighted by Crippen LogP contribution is -2.38. The molecule has 6 rings (SSSR count). The van der Waals surface area contributed by atoms with Crippen molar-refractivity contribution in [2.45, 2.75) is 144 Å². The number of allylic oxidation sites excluding steroid dienone is 1. The van der Waals surface area contributed by atoms with E-state index in [9.17, 15) is 37.8 Å². The van der Waals surface area contributed by atoms with Crippen LogP contribution < -0.4 is 22.1 Å². The summed E-state index contributed by atoms with van der Waals surface area (Å²) in [6, 6.07) is 14.2. The zero-order valence-electron chi connectivity index (χ0n) is 44.6. The van der Waals surface area contributed by atoms with Crippen molar-refractivity contribution in [1.82, 2.24) is 10.6 Å². The average molecular weight is 1080 g/mol. The van der Waals surface area contributed by atoms with E-state index in [4.69, 9.17) is 20.9 Å². The van der Waals surface area contributed by atoms with Gasteiger partial charge >= 0.3 is 12.2 Å². The molecule has 14 nitrogen and oxygen atoms in total. The van der Waals surface area contributed by atoms with Crippen molar-refractivity contribution >= 4 is 74.9 Å². The highest BCUT2D eigenvalue weighted by Crippen LogP contribution is 2.46. The molecule has 3 aliphatic heterocycles. The van der Waals surface area contributed by atoms with Gasteiger partial charge in [-0.25, -0.2) is 22.8 Å². The van der Waals surface area contributed by atoms with Crippen LogP contribution in [0.5, 0.6) is 0 Å². The number of aldehydes is 1. The number of aliphatic hydroxyl groups is 2. The molecule has 0 aliphatic carbocycles. The Bertz CT molecular complexity index is 2820. The SMILES string of the molecule is C/C(C=O)=C1\C[C@@](C)(c2cc(C)ccc2F)N=C(NC(=O)OC(C)(C)C)S1.C/C(CO)=C1\C[C@@](C)(c2cc(C)ccc2F)N=C(NC(=O)OC(C)(C)C)S1.C/C(CO)=C1\C[C@@](C)(c2cc(N)ccc2F)N=C(N)S1. The molecule has 3 heterocycles. The van der Waals surface area contributed by atoms with Crippen molar-refractivity contribution in [2.24, 2.45) is 20.7 Å². The van der Waals surface area contributed by atoms with E-state index >= 15 is 0 Å². The van der Waals surface area contributed by atoms with Crippen molar-refractivity contribution in [3.63, 3.8) is 0 Å². The van der Waals surface area contributed by atoms with Crippen LogP contribution in [0.1, 0.15) is 130 Å². The summed E-state index contributed by atoms with van der Waals surface area (Å²) >= 11 is 3.77. The number of ether oxygens (including phenoxy) is 2. The van der Waals surface area contributed by atoms with E-state index in [1.54, 1.807) is 85.7 Å². The van der Waals surface area contributed by atoms with Crippen LogP contribution in [0.4, 0.5) is 28.4 Å². The summed E-state index contributed by atoms with van der Waals surface area (Å²) in [5.74, 6) is -1.08. The average Bonchev–Trinajstić information content (AvgIpc) is 3.28. The van der Waals surface area contributed by atoms with Crippen LogP contribution in [0.25, 0.3) is 0 Å². The van der Waals surface area contributed by atoms with Crippen LogP contribution in [-0.4, -0.2) is 68.6 Å². The third-order valence-electron chi connectivity index (χ3n) is 11.5. The summed E-state index contributed by atoms with van der Waals surface area (Å²) in [4.78, 5) is 51.8. The Balaban J connectivity index is 0.000000243. The fourth-order valence-corrected chi connectivity index (χ4v) is 11.1. The number of carbonyl (C=O) groups is 3. The highest BCUT2D eigenvalue weighted by molar-refractivity contribution is 8.17. The summed E-state index contributed by atoms with van der Waals surface area (Å²) < 4.78 is 53.8. The Hall–Kier alpha value is -5.54. The normalized spacial score (nSPS) is 22.9. The summed E-state index contributed by atoms with van der Waals surface area (Å²) in [5, 5.41) is 25.1. The predicted octanol–water partition coefficient (Wildman–Crippen LogP) is 11.8. The van der Waals surface area contributed by atoms with Gasteiger partial charge in [-0.1, -0.05) is 70.7 Å². The summed E-state index contributed by atoms with van der Waals surface area (Å²) in [5.41, 5.74) is 13.4. The number of nitrogens with zero attached hydrogens (tertiary/aromatic N) is 3. The lowest BCUT2D eigenvalue weighted by atomic mass is 9.87. The van der Waals surface area contributed by atoms with Crippen molar-refractivity contribution in [1.29, 1.82) is 0 Å². The molecule has 0 spiro atoms. The van der Waals surface area contributed by atoms with Gasteiger partial charge in [-0.2, -0.15) is 0 Å². The van der Waals surface area contributed by atoms with Crippen LogP contribution >= 0.6 is 35.3 Å². The number of anilines is 1. The van der Waals surface area contributed by atoms with Gasteiger partial charge in [-0.15, -0.1) is 0 Å². The molecule has 0 aromatic heterocycles. The molecule has 0 fully saturated rings. The number of amides is 2. The van der Waals surface area contributed by atoms with Gasteiger partial charge in [0.15, 0.2) is 15.5 Å². The minimum atomic E-state index is -0.953. The quantitative estimate of drug-likeness (QED) is 0.0771. The number of thioether (sulfide) groups is 3. The van der Waals surface area contributed by atoms with Crippen LogP contribution in [0.15, 0.2) is 101 Å². The molecule has 0 saturated carbocycles. The van der Waals surface area contributed by atoms with E-state index in [2.05, 4.69) is 25.6 Å². The molecule has 0 saturated heterocycles. The number of nitrogens with one attached hydrogen (secondary N) is 2. The number of halogens is 3. The summed E-state index contributed by atoms with van der Waals surface area (Å²) in [6.07, 6.45) is 0.776. The molecule has 0 unspecified atom stereocenters. The predicted molar refractivity (Wildman–Crippen MR) is 295 cm³/mol. The number of hydrogen-bond donors (Lipinski definition) is 6. The molecule has 20 heteroatoms. The second-order valence-corrected chi connectivity index (χ2v) is 24.1. The van der Waals surface area contributed by atoms with Gasteiger partial charge in [-0.3, -0.25) is 30.4 Å². The highest BCUT2D eigenvalue weighted by atomic mass is 32.2. The molecule has 3 aliphatic rings. The van der Waals surface area contributed by atoms with Gasteiger partial charge in [0.05, 0.1) is 29.8 Å². The molecule has 2 amide bonds. The third kappa shape index (κ3) is 17.0. The van der Waals surface area contributed by atoms with Crippen LogP contribution in [-0.2, 0) is 30.9 Å². The molecule has 8 N–H and O–H groups in total. The third-order valence-corrected chi connectivity index (χ3v) is 14.7. The maximum Gasteiger partial charge on any atom is 0.413 e. The van der Waals surface area contributed by atoms with Crippen molar-refractivity contribution in [3.8, 4) is 0 Å². The Morgan fingerprint density at radius 3 is 1.41 bits per heavy atom. The number of benzene rings is 3. The van der Waals surface area contributed by atoms with Crippen molar-refractivity contribution < 1.29 is 47.2 Å². The number of carbonyl (C=O) groups excluding carboxylic acids is 3. The van der Waals surface area contributed by atoms with Gasteiger partial charge in [0.25, 0.3) is 0 Å². The number of aliphatic hydroxyl groups excluding tert-OH is 2. The molecule has 0 radical (unpaired) electrons. The maximum atomic E-state index is 14.6. The molecule has 3 aromatic carbocycles. The number of nitrogens with two attached hydrogens (primary N) is 2. The number of aliphatic imine (C=N–C) groups is 3. The Morgan fingerprint density at radius 2 is 1.00 bits per heavy atom. The summed E-state index contributed by atoms with van der Waals surface area (Å²) in [7, 11) is 0. The van der Waals surface area contributed by atoms with E-state index in [1.165, 1.54) is 59.6 Å². The number of nitrogen functional groups attached to an aromatic ring is 1. The summed E-state index contributed by atoms with van der Waals surface area (Å²) in [6.45, 7) is 25.0. The minimum Gasteiger partial charge on any atom is -0.444 e. The fourth-order valence-electron chi connectivity index (χ4n) is 7.64. The minimum absolute atomic E-state index is 0.0505. The fraction of sp³-hybridized carbons (Fsp3) is 0.444. The van der Waals surface area contributed by atoms with E-state index in [0.717, 1.165) is 43.3 Å². The Morgan fingerprint density at radius 1 is 0.635 bits per heavy atom. The Kier molecular flexibility index (Phi) is 20.5. The van der Waals surface area contributed by atoms with Gasteiger partial charge in [-0.05, 0) is 154 Å². The molecule has 74 heavy (non-hydrogen) atoms. The monoisotopic (exact) mass is 1080 g/mol. The molecule has 0 bridgehead atoms. The van der Waals surface area contributed by atoms with Crippen molar-refractivity contribution in [3.05, 3.63) is 131 Å². The standard InChI is InChI=1S/C20H27FN2O3S.C20H25FN2O3S.C14H18FN3OS/c2*1-12-7-8-15(21)14(9-12)20(6)10-16(13(2)11-24)27-17(23-20)22-18(25)26-19(3,4)5;1-8(7-19)12-6-14(2,18-13(17)20-12)10-5-9(16)3-4-11(10)15/h7-9,24H,10-11H2,1-6H3,(H,22,23,25);7-9,11H,10H2,1-6H3,(H,22,23,25);3-5,19H,6-7,16H2,1-2H3,(H2,17,18)/b2*16-13-;12-8-/t2*20-;14-/m000/s1. The van der Waals surface area contributed by atoms with Gasteiger partial charge in [0.1, 0.15) is 34.9 Å². The molecular formula is C54H70F3N7O7S3. The van der Waals surface area contributed by atoms with Crippen molar-refractivity contribution in [2.75, 3.05) is 18.9 Å². The van der Waals surface area contributed by atoms with E-state index in [1.807, 2.05) is 41.5 Å². The first-order valence-electron chi connectivity index (χ1n) is 23.6. The number of alkyl carbamates (subject to hydrolysis) is 2. The van der Waals surface area contributed by atoms with Crippen LogP contribution in [0, 0.1) is 31.3 Å². The smallest absolute Gasteiger partial charge is 0.413 e. The zero-order valence-corrected chi connectivity index (χ0v) is 47.0. The van der Waals surface area contributed by atoms with Crippen LogP contribution in [0.2, 0.25) is 0 Å². The number of hydrogen-bond acceptors (Lipinski definition) is 15. The Labute approximate surface area is 445 Å². The molecule has 402 valence electrons. The van der Waals surface area contributed by atoms with E-state index < -0.39 is 40.0 Å². The molecule has 3 atom stereocenters.